The summed E-state index contributed by atoms with van der Waals surface area (Å²) in [5, 5.41) is 0. The van der Waals surface area contributed by atoms with Crippen LogP contribution in [0, 0.1) is 6.92 Å². The second-order valence-corrected chi connectivity index (χ2v) is 7.09. The van der Waals surface area contributed by atoms with Crippen LogP contribution in [0.1, 0.15) is 18.9 Å². The Labute approximate surface area is 111 Å². The molecule has 0 atom stereocenters. The smallest absolute Gasteiger partial charge is 0.153 e. The molecular weight excluding hydrogens is 304 g/mol. The van der Waals surface area contributed by atoms with Gasteiger partial charge in [0.15, 0.2) is 9.84 Å². The average molecular weight is 321 g/mol. The van der Waals surface area contributed by atoms with Crippen molar-refractivity contribution in [2.75, 3.05) is 18.1 Å². The molecule has 96 valence electrons. The number of rotatable bonds is 6. The molecule has 17 heavy (non-hydrogen) atoms. The summed E-state index contributed by atoms with van der Waals surface area (Å²) < 4.78 is 29.2. The zero-order valence-electron chi connectivity index (χ0n) is 10.1. The van der Waals surface area contributed by atoms with E-state index in [9.17, 15) is 8.42 Å². The van der Waals surface area contributed by atoms with E-state index < -0.39 is 9.84 Å². The van der Waals surface area contributed by atoms with E-state index in [1.165, 1.54) is 0 Å². The van der Waals surface area contributed by atoms with E-state index in [0.717, 1.165) is 10.0 Å². The lowest BCUT2D eigenvalue weighted by Gasteiger charge is -2.08. The standard InChI is InChI=1S/C12H17BrO3S/c1-3-7-17(14,15)8-6-16-12-5-4-10(2)9-11(12)13/h4-5,9H,3,6-8H2,1-2H3. The van der Waals surface area contributed by atoms with E-state index in [-0.39, 0.29) is 18.1 Å². The lowest BCUT2D eigenvalue weighted by molar-refractivity contribution is 0.338. The van der Waals surface area contributed by atoms with Crippen molar-refractivity contribution < 1.29 is 13.2 Å². The molecule has 0 aromatic heterocycles. The Bertz CT molecular complexity index is 469. The number of ether oxygens (including phenoxy) is 1. The Morgan fingerprint density at radius 2 is 2.00 bits per heavy atom. The molecule has 0 bridgehead atoms. The predicted molar refractivity (Wildman–Crippen MR) is 73.3 cm³/mol. The van der Waals surface area contributed by atoms with Gasteiger partial charge in [-0.2, -0.15) is 0 Å². The molecule has 1 aromatic rings. The van der Waals surface area contributed by atoms with Gasteiger partial charge in [-0.1, -0.05) is 13.0 Å². The highest BCUT2D eigenvalue weighted by Gasteiger charge is 2.10. The summed E-state index contributed by atoms with van der Waals surface area (Å²) in [5.41, 5.74) is 1.13. The summed E-state index contributed by atoms with van der Waals surface area (Å²) in [7, 11) is -2.96. The molecule has 0 N–H and O–H groups in total. The largest absolute Gasteiger partial charge is 0.491 e. The molecule has 0 radical (unpaired) electrons. The van der Waals surface area contributed by atoms with Gasteiger partial charge in [0.2, 0.25) is 0 Å². The Hall–Kier alpha value is -0.550. The molecular formula is C12H17BrO3S. The molecule has 1 aromatic carbocycles. The molecule has 5 heteroatoms. The van der Waals surface area contributed by atoms with Crippen LogP contribution in [0.15, 0.2) is 22.7 Å². The summed E-state index contributed by atoms with van der Waals surface area (Å²) in [6.45, 7) is 4.04. The van der Waals surface area contributed by atoms with E-state index >= 15 is 0 Å². The van der Waals surface area contributed by atoms with E-state index in [1.807, 2.05) is 32.0 Å². The zero-order chi connectivity index (χ0) is 12.9. The van der Waals surface area contributed by atoms with Crippen molar-refractivity contribution in [2.24, 2.45) is 0 Å². The van der Waals surface area contributed by atoms with Crippen molar-refractivity contribution in [1.29, 1.82) is 0 Å². The molecule has 3 nitrogen and oxygen atoms in total. The highest BCUT2D eigenvalue weighted by molar-refractivity contribution is 9.10. The van der Waals surface area contributed by atoms with Crippen LogP contribution in [0.3, 0.4) is 0 Å². The maximum Gasteiger partial charge on any atom is 0.153 e. The van der Waals surface area contributed by atoms with Crippen molar-refractivity contribution in [3.05, 3.63) is 28.2 Å². The summed E-state index contributed by atoms with van der Waals surface area (Å²) in [4.78, 5) is 0. The first-order chi connectivity index (χ1) is 7.94. The molecule has 0 saturated carbocycles. The number of benzene rings is 1. The molecule has 0 aliphatic heterocycles. The SMILES string of the molecule is CCCS(=O)(=O)CCOc1ccc(C)cc1Br. The van der Waals surface area contributed by atoms with Gasteiger partial charge in [-0.15, -0.1) is 0 Å². The Balaban J connectivity index is 2.51. The fraction of sp³-hybridized carbons (Fsp3) is 0.500. The quantitative estimate of drug-likeness (QED) is 0.809. The van der Waals surface area contributed by atoms with Crippen LogP contribution in [0.5, 0.6) is 5.75 Å². The van der Waals surface area contributed by atoms with Crippen molar-refractivity contribution in [1.82, 2.24) is 0 Å². The molecule has 0 unspecified atom stereocenters. The first kappa shape index (κ1) is 14.5. The van der Waals surface area contributed by atoms with Gasteiger partial charge in [-0.3, -0.25) is 0 Å². The van der Waals surface area contributed by atoms with Crippen molar-refractivity contribution in [3.63, 3.8) is 0 Å². The van der Waals surface area contributed by atoms with Crippen LogP contribution in [-0.2, 0) is 9.84 Å². The van der Waals surface area contributed by atoms with Gasteiger partial charge in [0, 0.05) is 0 Å². The second-order valence-electron chi connectivity index (χ2n) is 3.93. The number of hydrogen-bond donors (Lipinski definition) is 0. The third-order valence-corrected chi connectivity index (χ3v) is 4.69. The predicted octanol–water partition coefficient (Wildman–Crippen LogP) is 2.96. The van der Waals surface area contributed by atoms with Gasteiger partial charge in [0.1, 0.15) is 12.4 Å². The van der Waals surface area contributed by atoms with Crippen LogP contribution in [0.2, 0.25) is 0 Å². The van der Waals surface area contributed by atoms with Crippen LogP contribution in [0.4, 0.5) is 0 Å². The molecule has 0 aliphatic carbocycles. The fourth-order valence-electron chi connectivity index (χ4n) is 1.41. The van der Waals surface area contributed by atoms with Crippen LogP contribution >= 0.6 is 15.9 Å². The third kappa shape index (κ3) is 5.08. The normalized spacial score (nSPS) is 11.5. The number of sulfone groups is 1. The number of aryl methyl sites for hydroxylation is 1. The van der Waals surface area contributed by atoms with Crippen molar-refractivity contribution in [3.8, 4) is 5.75 Å². The summed E-state index contributed by atoms with van der Waals surface area (Å²) in [6, 6.07) is 5.71. The van der Waals surface area contributed by atoms with Gasteiger partial charge in [-0.25, -0.2) is 8.42 Å². The monoisotopic (exact) mass is 320 g/mol. The highest BCUT2D eigenvalue weighted by atomic mass is 79.9. The lowest BCUT2D eigenvalue weighted by atomic mass is 10.2. The Kier molecular flexibility index (Phi) is 5.46. The minimum absolute atomic E-state index is 0.0706. The van der Waals surface area contributed by atoms with E-state index in [1.54, 1.807) is 0 Å². The number of halogens is 1. The summed E-state index contributed by atoms with van der Waals surface area (Å²) in [6.07, 6.45) is 0.649. The van der Waals surface area contributed by atoms with Gasteiger partial charge in [0.05, 0.1) is 16.0 Å². The lowest BCUT2D eigenvalue weighted by Crippen LogP contribution is -2.16. The molecule has 0 heterocycles. The molecule has 0 saturated heterocycles. The van der Waals surface area contributed by atoms with Gasteiger partial charge in [-0.05, 0) is 47.0 Å². The van der Waals surface area contributed by atoms with Crippen LogP contribution in [0.25, 0.3) is 0 Å². The Morgan fingerprint density at radius 3 is 2.59 bits per heavy atom. The first-order valence-corrected chi connectivity index (χ1v) is 8.15. The fourth-order valence-corrected chi connectivity index (χ4v) is 3.19. The molecule has 0 aliphatic rings. The third-order valence-electron chi connectivity index (χ3n) is 2.25. The molecule has 0 spiro atoms. The topological polar surface area (TPSA) is 43.4 Å². The van der Waals surface area contributed by atoms with Crippen LogP contribution in [-0.4, -0.2) is 26.5 Å². The summed E-state index contributed by atoms with van der Waals surface area (Å²) in [5.74, 6) is 0.981. The highest BCUT2D eigenvalue weighted by Crippen LogP contribution is 2.25. The maximum absolute atomic E-state index is 11.5. The van der Waals surface area contributed by atoms with Crippen LogP contribution < -0.4 is 4.74 Å². The molecule has 1 rings (SSSR count). The van der Waals surface area contributed by atoms with E-state index in [4.69, 9.17) is 4.74 Å². The Morgan fingerprint density at radius 1 is 1.29 bits per heavy atom. The number of hydrogen-bond acceptors (Lipinski definition) is 3. The van der Waals surface area contributed by atoms with Gasteiger partial charge >= 0.3 is 0 Å². The minimum atomic E-state index is -2.96. The van der Waals surface area contributed by atoms with E-state index in [0.29, 0.717) is 12.2 Å². The second kappa shape index (κ2) is 6.40. The molecule has 0 fully saturated rings. The maximum atomic E-state index is 11.5. The van der Waals surface area contributed by atoms with Crippen molar-refractivity contribution >= 4 is 25.8 Å². The first-order valence-electron chi connectivity index (χ1n) is 5.54. The minimum Gasteiger partial charge on any atom is -0.491 e. The zero-order valence-corrected chi connectivity index (χ0v) is 12.5. The van der Waals surface area contributed by atoms with E-state index in [2.05, 4.69) is 15.9 Å². The van der Waals surface area contributed by atoms with Crippen molar-refractivity contribution in [2.45, 2.75) is 20.3 Å². The molecule has 0 amide bonds. The average Bonchev–Trinajstić information content (AvgIpc) is 2.21. The summed E-state index contributed by atoms with van der Waals surface area (Å²) >= 11 is 3.38. The van der Waals surface area contributed by atoms with Gasteiger partial charge in [0.25, 0.3) is 0 Å². The van der Waals surface area contributed by atoms with Gasteiger partial charge < -0.3 is 4.74 Å².